The Balaban J connectivity index is 2.09. The summed E-state index contributed by atoms with van der Waals surface area (Å²) in [6.45, 7) is 3.25. The second-order valence-corrected chi connectivity index (χ2v) is 5.24. The Bertz CT molecular complexity index is 293. The number of carboxylic acids is 1. The molecule has 5 nitrogen and oxygen atoms in total. The van der Waals surface area contributed by atoms with Gasteiger partial charge in [0.2, 0.25) is 5.91 Å². The highest BCUT2D eigenvalue weighted by atomic mass is 32.2. The molecule has 6 heteroatoms. The first kappa shape index (κ1) is 10.8. The van der Waals surface area contributed by atoms with Gasteiger partial charge in [0.05, 0.1) is 11.3 Å². The van der Waals surface area contributed by atoms with Crippen molar-refractivity contribution in [3.05, 3.63) is 0 Å². The van der Waals surface area contributed by atoms with Crippen LogP contribution in [0.3, 0.4) is 0 Å². The lowest BCUT2D eigenvalue weighted by atomic mass is 10.0. The van der Waals surface area contributed by atoms with Crippen molar-refractivity contribution < 1.29 is 14.7 Å². The van der Waals surface area contributed by atoms with Crippen LogP contribution in [0.4, 0.5) is 0 Å². The number of amides is 1. The zero-order valence-electron chi connectivity index (χ0n) is 8.47. The molecule has 0 aromatic rings. The lowest BCUT2D eigenvalue weighted by Crippen LogP contribution is -2.55. The maximum Gasteiger partial charge on any atom is 0.327 e. The van der Waals surface area contributed by atoms with Crippen LogP contribution < -0.4 is 5.32 Å². The highest BCUT2D eigenvalue weighted by molar-refractivity contribution is 8.00. The smallest absolute Gasteiger partial charge is 0.327 e. The quantitative estimate of drug-likeness (QED) is 0.674. The van der Waals surface area contributed by atoms with E-state index in [4.69, 9.17) is 5.11 Å². The monoisotopic (exact) mass is 230 g/mol. The number of carbonyl (C=O) groups excluding carboxylic acids is 1. The van der Waals surface area contributed by atoms with Gasteiger partial charge >= 0.3 is 5.97 Å². The van der Waals surface area contributed by atoms with E-state index in [1.54, 1.807) is 0 Å². The third kappa shape index (κ3) is 1.83. The van der Waals surface area contributed by atoms with Crippen molar-refractivity contribution in [2.24, 2.45) is 5.92 Å². The average Bonchev–Trinajstić information content (AvgIpc) is 2.43. The first-order valence-electron chi connectivity index (χ1n) is 4.98. The van der Waals surface area contributed by atoms with Crippen LogP contribution >= 0.6 is 11.8 Å². The van der Waals surface area contributed by atoms with Gasteiger partial charge in [-0.3, -0.25) is 4.79 Å². The van der Waals surface area contributed by atoms with E-state index < -0.39 is 12.0 Å². The van der Waals surface area contributed by atoms with Crippen molar-refractivity contribution in [3.63, 3.8) is 0 Å². The Morgan fingerprint density at radius 3 is 2.60 bits per heavy atom. The zero-order chi connectivity index (χ0) is 11.0. The number of nitrogens with zero attached hydrogens (tertiary/aromatic N) is 1. The molecule has 0 bridgehead atoms. The number of carboxylic acid groups (broad SMARTS) is 1. The van der Waals surface area contributed by atoms with Crippen molar-refractivity contribution in [3.8, 4) is 0 Å². The number of hydrogen-bond acceptors (Lipinski definition) is 4. The number of aliphatic carboxylic acids is 1. The minimum atomic E-state index is -0.896. The molecule has 2 saturated heterocycles. The molecule has 84 valence electrons. The fourth-order valence-corrected chi connectivity index (χ4v) is 3.02. The summed E-state index contributed by atoms with van der Waals surface area (Å²) < 4.78 is 0. The van der Waals surface area contributed by atoms with Crippen molar-refractivity contribution in [2.45, 2.75) is 18.3 Å². The van der Waals surface area contributed by atoms with E-state index in [1.165, 1.54) is 16.7 Å². The van der Waals surface area contributed by atoms with E-state index in [-0.39, 0.29) is 17.2 Å². The van der Waals surface area contributed by atoms with E-state index in [1.807, 2.05) is 6.92 Å². The van der Waals surface area contributed by atoms with Crippen LogP contribution in [0.5, 0.6) is 0 Å². The minimum Gasteiger partial charge on any atom is -0.480 e. The van der Waals surface area contributed by atoms with Crippen LogP contribution in [0.2, 0.25) is 0 Å². The molecule has 2 N–H and O–H groups in total. The molecule has 0 saturated carbocycles. The molecule has 2 unspecified atom stereocenters. The topological polar surface area (TPSA) is 69.6 Å². The Morgan fingerprint density at radius 2 is 2.13 bits per heavy atom. The first-order chi connectivity index (χ1) is 7.11. The molecule has 2 heterocycles. The van der Waals surface area contributed by atoms with Gasteiger partial charge in [-0.2, -0.15) is 0 Å². The van der Waals surface area contributed by atoms with Gasteiger partial charge in [-0.25, -0.2) is 4.79 Å². The van der Waals surface area contributed by atoms with Gasteiger partial charge in [0.15, 0.2) is 0 Å². The zero-order valence-corrected chi connectivity index (χ0v) is 9.29. The van der Waals surface area contributed by atoms with Crippen molar-refractivity contribution >= 4 is 23.6 Å². The summed E-state index contributed by atoms with van der Waals surface area (Å²) in [7, 11) is 0. The molecule has 1 amide bonds. The maximum absolute atomic E-state index is 12.0. The SMILES string of the molecule is CC1SCC(C(=O)O)N1C(=O)C1CNC1. The van der Waals surface area contributed by atoms with Crippen LogP contribution in [-0.2, 0) is 9.59 Å². The third-order valence-electron chi connectivity index (χ3n) is 2.89. The Hall–Kier alpha value is -0.750. The van der Waals surface area contributed by atoms with Crippen LogP contribution in [0.25, 0.3) is 0 Å². The normalized spacial score (nSPS) is 31.4. The van der Waals surface area contributed by atoms with Gasteiger partial charge in [-0.1, -0.05) is 0 Å². The number of thioether (sulfide) groups is 1. The summed E-state index contributed by atoms with van der Waals surface area (Å²) in [5.74, 6) is -0.429. The number of carbonyl (C=O) groups is 2. The molecule has 2 fully saturated rings. The second-order valence-electron chi connectivity index (χ2n) is 3.89. The van der Waals surface area contributed by atoms with Crippen LogP contribution in [-0.4, -0.2) is 52.1 Å². The van der Waals surface area contributed by atoms with Crippen molar-refractivity contribution in [2.75, 3.05) is 18.8 Å². The number of hydrogen-bond donors (Lipinski definition) is 2. The van der Waals surface area contributed by atoms with E-state index in [9.17, 15) is 9.59 Å². The van der Waals surface area contributed by atoms with Crippen LogP contribution in [0.1, 0.15) is 6.92 Å². The molecular formula is C9H14N2O3S. The molecule has 0 aromatic heterocycles. The molecule has 0 spiro atoms. The first-order valence-corrected chi connectivity index (χ1v) is 6.03. The van der Waals surface area contributed by atoms with E-state index in [0.29, 0.717) is 18.8 Å². The van der Waals surface area contributed by atoms with E-state index in [0.717, 1.165) is 0 Å². The standard InChI is InChI=1S/C9H14N2O3S/c1-5-11(7(4-15-5)9(13)14)8(12)6-2-10-3-6/h5-7,10H,2-4H2,1H3,(H,13,14). The Morgan fingerprint density at radius 1 is 1.47 bits per heavy atom. The van der Waals surface area contributed by atoms with Crippen molar-refractivity contribution in [1.29, 1.82) is 0 Å². The molecule has 0 aromatic carbocycles. The van der Waals surface area contributed by atoms with Crippen LogP contribution in [0, 0.1) is 5.92 Å². The summed E-state index contributed by atoms with van der Waals surface area (Å²) in [5.41, 5.74) is 0. The van der Waals surface area contributed by atoms with Gasteiger partial charge in [0.25, 0.3) is 0 Å². The molecule has 2 aliphatic rings. The largest absolute Gasteiger partial charge is 0.480 e. The van der Waals surface area contributed by atoms with Crippen LogP contribution in [0.15, 0.2) is 0 Å². The summed E-state index contributed by atoms with van der Waals surface area (Å²) in [6, 6.07) is -0.641. The number of nitrogens with one attached hydrogen (secondary N) is 1. The Labute approximate surface area is 92.2 Å². The molecule has 2 rings (SSSR count). The van der Waals surface area contributed by atoms with E-state index >= 15 is 0 Å². The second kappa shape index (κ2) is 4.02. The van der Waals surface area contributed by atoms with Gasteiger partial charge in [0, 0.05) is 18.8 Å². The van der Waals surface area contributed by atoms with Gasteiger partial charge in [-0.05, 0) is 6.92 Å². The molecule has 0 aliphatic carbocycles. The average molecular weight is 230 g/mol. The molecule has 2 aliphatic heterocycles. The summed E-state index contributed by atoms with van der Waals surface area (Å²) in [4.78, 5) is 24.5. The highest BCUT2D eigenvalue weighted by Crippen LogP contribution is 2.30. The van der Waals surface area contributed by atoms with Gasteiger partial charge in [-0.15, -0.1) is 11.8 Å². The van der Waals surface area contributed by atoms with Crippen molar-refractivity contribution in [1.82, 2.24) is 10.2 Å². The van der Waals surface area contributed by atoms with E-state index in [2.05, 4.69) is 5.32 Å². The maximum atomic E-state index is 12.0. The van der Waals surface area contributed by atoms with Gasteiger partial charge in [0.1, 0.15) is 6.04 Å². The predicted octanol–water partition coefficient (Wildman–Crippen LogP) is -0.420. The molecule has 15 heavy (non-hydrogen) atoms. The summed E-state index contributed by atoms with van der Waals surface area (Å²) in [6.07, 6.45) is 0. The lowest BCUT2D eigenvalue weighted by molar-refractivity contribution is -0.151. The fourth-order valence-electron chi connectivity index (χ4n) is 1.84. The van der Waals surface area contributed by atoms with Gasteiger partial charge < -0.3 is 15.3 Å². The molecule has 0 radical (unpaired) electrons. The fraction of sp³-hybridized carbons (Fsp3) is 0.778. The third-order valence-corrected chi connectivity index (χ3v) is 4.11. The Kier molecular flexibility index (Phi) is 2.88. The molecular weight excluding hydrogens is 216 g/mol. The summed E-state index contributed by atoms with van der Waals surface area (Å²) >= 11 is 1.53. The molecule has 2 atom stereocenters. The summed E-state index contributed by atoms with van der Waals surface area (Å²) in [5, 5.41) is 12.0. The lowest BCUT2D eigenvalue weighted by Gasteiger charge is -2.33. The predicted molar refractivity (Wildman–Crippen MR) is 56.5 cm³/mol. The number of rotatable bonds is 2. The highest BCUT2D eigenvalue weighted by Gasteiger charge is 2.42. The minimum absolute atomic E-state index is 0.0146.